The van der Waals surface area contributed by atoms with Crippen LogP contribution in [-0.2, 0) is 4.84 Å². The van der Waals surface area contributed by atoms with Crippen molar-refractivity contribution >= 4 is 0 Å². The molecule has 0 bridgehead atoms. The summed E-state index contributed by atoms with van der Waals surface area (Å²) in [7, 11) is 1.63. The zero-order valence-electron chi connectivity index (χ0n) is 8.70. The number of hydrogen-bond acceptors (Lipinski definition) is 3. The van der Waals surface area contributed by atoms with Crippen molar-refractivity contribution in [3.8, 4) is 5.75 Å². The van der Waals surface area contributed by atoms with Crippen LogP contribution in [0.4, 0.5) is 0 Å². The van der Waals surface area contributed by atoms with Gasteiger partial charge in [-0.1, -0.05) is 17.7 Å². The van der Waals surface area contributed by atoms with Gasteiger partial charge in [-0.05, 0) is 19.9 Å². The van der Waals surface area contributed by atoms with E-state index in [-0.39, 0.29) is 12.1 Å². The van der Waals surface area contributed by atoms with Crippen molar-refractivity contribution in [1.82, 2.24) is 5.48 Å². The minimum Gasteiger partial charge on any atom is -0.488 e. The van der Waals surface area contributed by atoms with Crippen LogP contribution in [0.5, 0.6) is 5.75 Å². The van der Waals surface area contributed by atoms with Crippen molar-refractivity contribution in [2.45, 2.75) is 26.0 Å². The maximum Gasteiger partial charge on any atom is 0.124 e. The van der Waals surface area contributed by atoms with Crippen LogP contribution in [0, 0.1) is 6.92 Å². The maximum atomic E-state index is 5.68. The van der Waals surface area contributed by atoms with E-state index in [0.717, 1.165) is 5.75 Å². The molecule has 1 heterocycles. The molecule has 14 heavy (non-hydrogen) atoms. The van der Waals surface area contributed by atoms with Gasteiger partial charge in [0.15, 0.2) is 0 Å². The zero-order valence-corrected chi connectivity index (χ0v) is 8.70. The van der Waals surface area contributed by atoms with E-state index in [4.69, 9.17) is 9.57 Å². The largest absolute Gasteiger partial charge is 0.488 e. The number of rotatable bonds is 2. The molecule has 2 atom stereocenters. The molecule has 0 aromatic heterocycles. The fraction of sp³-hybridized carbons (Fsp3) is 0.455. The predicted molar refractivity (Wildman–Crippen MR) is 54.2 cm³/mol. The van der Waals surface area contributed by atoms with E-state index in [1.165, 1.54) is 11.1 Å². The second-order valence-corrected chi connectivity index (χ2v) is 3.66. The molecule has 0 saturated heterocycles. The van der Waals surface area contributed by atoms with Crippen molar-refractivity contribution in [3.63, 3.8) is 0 Å². The minimum absolute atomic E-state index is 0.117. The Bertz CT molecular complexity index is 338. The summed E-state index contributed by atoms with van der Waals surface area (Å²) in [6.07, 6.45) is 0.117. The van der Waals surface area contributed by atoms with Crippen molar-refractivity contribution < 1.29 is 9.57 Å². The minimum atomic E-state index is 0.117. The summed E-state index contributed by atoms with van der Waals surface area (Å²) in [5.74, 6) is 0.956. The molecule has 0 aliphatic carbocycles. The first-order chi connectivity index (χ1) is 6.72. The van der Waals surface area contributed by atoms with E-state index in [1.54, 1.807) is 7.11 Å². The molecule has 1 N–H and O–H groups in total. The van der Waals surface area contributed by atoms with Crippen molar-refractivity contribution in [2.75, 3.05) is 7.11 Å². The van der Waals surface area contributed by atoms with Crippen molar-refractivity contribution in [1.29, 1.82) is 0 Å². The zero-order chi connectivity index (χ0) is 10.1. The highest BCUT2D eigenvalue weighted by atomic mass is 16.6. The third-order valence-corrected chi connectivity index (χ3v) is 2.53. The molecule has 1 aromatic rings. The summed E-state index contributed by atoms with van der Waals surface area (Å²) < 4.78 is 5.68. The first kappa shape index (κ1) is 9.49. The van der Waals surface area contributed by atoms with Gasteiger partial charge >= 0.3 is 0 Å². The number of benzene rings is 1. The average Bonchev–Trinajstić information content (AvgIpc) is 2.45. The first-order valence-corrected chi connectivity index (χ1v) is 4.78. The van der Waals surface area contributed by atoms with Crippen molar-refractivity contribution in [2.24, 2.45) is 0 Å². The Kier molecular flexibility index (Phi) is 2.44. The lowest BCUT2D eigenvalue weighted by atomic mass is 10.0. The molecule has 3 heteroatoms. The SMILES string of the molecule is CONC1c2cc(C)ccc2OC1C. The maximum absolute atomic E-state index is 5.68. The van der Waals surface area contributed by atoms with Gasteiger partial charge in [0.25, 0.3) is 0 Å². The second kappa shape index (κ2) is 3.59. The fourth-order valence-corrected chi connectivity index (χ4v) is 1.83. The van der Waals surface area contributed by atoms with Crippen LogP contribution in [0.1, 0.15) is 24.1 Å². The van der Waals surface area contributed by atoms with E-state index in [0.29, 0.717) is 0 Å². The number of hydroxylamine groups is 1. The molecule has 1 aliphatic rings. The number of aryl methyl sites for hydroxylation is 1. The van der Waals surface area contributed by atoms with Crippen LogP contribution in [0.25, 0.3) is 0 Å². The summed E-state index contributed by atoms with van der Waals surface area (Å²) in [5.41, 5.74) is 5.37. The summed E-state index contributed by atoms with van der Waals surface area (Å²) in [5, 5.41) is 0. The Hall–Kier alpha value is -1.06. The molecule has 0 fully saturated rings. The Balaban J connectivity index is 2.34. The Morgan fingerprint density at radius 1 is 1.43 bits per heavy atom. The second-order valence-electron chi connectivity index (χ2n) is 3.66. The van der Waals surface area contributed by atoms with E-state index in [1.807, 2.05) is 13.0 Å². The van der Waals surface area contributed by atoms with Crippen LogP contribution in [0.3, 0.4) is 0 Å². The van der Waals surface area contributed by atoms with Crippen molar-refractivity contribution in [3.05, 3.63) is 29.3 Å². The highest BCUT2D eigenvalue weighted by molar-refractivity contribution is 5.42. The van der Waals surface area contributed by atoms with Crippen LogP contribution >= 0.6 is 0 Å². The molecule has 76 valence electrons. The normalized spacial score (nSPS) is 24.5. The Labute approximate surface area is 84.0 Å². The summed E-state index contributed by atoms with van der Waals surface area (Å²) >= 11 is 0. The highest BCUT2D eigenvalue weighted by Gasteiger charge is 2.30. The van der Waals surface area contributed by atoms with Crippen LogP contribution in [0.2, 0.25) is 0 Å². The smallest absolute Gasteiger partial charge is 0.124 e. The van der Waals surface area contributed by atoms with E-state index in [9.17, 15) is 0 Å². The van der Waals surface area contributed by atoms with Crippen LogP contribution < -0.4 is 10.2 Å². The number of fused-ring (bicyclic) bond motifs is 1. The highest BCUT2D eigenvalue weighted by Crippen LogP contribution is 2.36. The fourth-order valence-electron chi connectivity index (χ4n) is 1.83. The standard InChI is InChI=1S/C11H15NO2/c1-7-4-5-10-9(6-7)11(12-13-3)8(2)14-10/h4-6,8,11-12H,1-3H3. The molecule has 3 nitrogen and oxygen atoms in total. The Morgan fingerprint density at radius 2 is 2.21 bits per heavy atom. The predicted octanol–water partition coefficient (Wildman–Crippen LogP) is 1.97. The van der Waals surface area contributed by atoms with Crippen LogP contribution in [0.15, 0.2) is 18.2 Å². The van der Waals surface area contributed by atoms with Gasteiger partial charge in [-0.15, -0.1) is 0 Å². The third kappa shape index (κ3) is 1.49. The third-order valence-electron chi connectivity index (χ3n) is 2.53. The van der Waals surface area contributed by atoms with Gasteiger partial charge in [-0.3, -0.25) is 0 Å². The van der Waals surface area contributed by atoms with Gasteiger partial charge in [0, 0.05) is 5.56 Å². The van der Waals surface area contributed by atoms with Gasteiger partial charge in [-0.25, -0.2) is 0 Å². The molecule has 0 saturated carbocycles. The van der Waals surface area contributed by atoms with E-state index < -0.39 is 0 Å². The average molecular weight is 193 g/mol. The van der Waals surface area contributed by atoms with Gasteiger partial charge < -0.3 is 9.57 Å². The van der Waals surface area contributed by atoms with Gasteiger partial charge in [0.2, 0.25) is 0 Å². The number of nitrogens with one attached hydrogen (secondary N) is 1. The lowest BCUT2D eigenvalue weighted by Gasteiger charge is -2.14. The lowest BCUT2D eigenvalue weighted by molar-refractivity contribution is 0.0339. The molecular weight excluding hydrogens is 178 g/mol. The summed E-state index contributed by atoms with van der Waals surface area (Å²) in [6.45, 7) is 4.11. The number of ether oxygens (including phenoxy) is 1. The van der Waals surface area contributed by atoms with E-state index in [2.05, 4.69) is 24.5 Å². The molecule has 0 amide bonds. The molecule has 2 unspecified atom stereocenters. The summed E-state index contributed by atoms with van der Waals surface area (Å²) in [6, 6.07) is 6.34. The monoisotopic (exact) mass is 193 g/mol. The molecule has 1 aromatic carbocycles. The van der Waals surface area contributed by atoms with Crippen LogP contribution in [-0.4, -0.2) is 13.2 Å². The lowest BCUT2D eigenvalue weighted by Crippen LogP contribution is -2.27. The molecular formula is C11H15NO2. The quantitative estimate of drug-likeness (QED) is 0.728. The molecule has 0 radical (unpaired) electrons. The van der Waals surface area contributed by atoms with Gasteiger partial charge in [0.05, 0.1) is 13.2 Å². The number of hydrogen-bond donors (Lipinski definition) is 1. The molecule has 0 spiro atoms. The topological polar surface area (TPSA) is 30.5 Å². The molecule has 1 aliphatic heterocycles. The van der Waals surface area contributed by atoms with Gasteiger partial charge in [0.1, 0.15) is 11.9 Å². The van der Waals surface area contributed by atoms with E-state index >= 15 is 0 Å². The Morgan fingerprint density at radius 3 is 2.93 bits per heavy atom. The summed E-state index contributed by atoms with van der Waals surface area (Å²) in [4.78, 5) is 4.96. The first-order valence-electron chi connectivity index (χ1n) is 4.78. The molecule has 2 rings (SSSR count). The van der Waals surface area contributed by atoms with Gasteiger partial charge in [-0.2, -0.15) is 5.48 Å².